The van der Waals surface area contributed by atoms with Crippen LogP contribution in [0.1, 0.15) is 26.5 Å². The van der Waals surface area contributed by atoms with Crippen molar-refractivity contribution in [2.75, 3.05) is 31.1 Å². The topological polar surface area (TPSA) is 33.1 Å². The van der Waals surface area contributed by atoms with E-state index in [2.05, 4.69) is 65.0 Å². The van der Waals surface area contributed by atoms with E-state index in [-0.39, 0.29) is 5.41 Å². The van der Waals surface area contributed by atoms with Crippen molar-refractivity contribution in [1.29, 1.82) is 0 Å². The molecule has 1 N–H and O–H groups in total. The molecule has 1 saturated heterocycles. The average molecular weight is 284 g/mol. The number of hydrogen-bond acceptors (Lipinski definition) is 3. The Morgan fingerprint density at radius 2 is 1.71 bits per heavy atom. The van der Waals surface area contributed by atoms with Crippen molar-refractivity contribution in [3.63, 3.8) is 0 Å². The summed E-state index contributed by atoms with van der Waals surface area (Å²) in [5, 5.41) is 8.09. The largest absolute Gasteiger partial charge is 0.366 e. The highest BCUT2D eigenvalue weighted by Crippen LogP contribution is 2.33. The summed E-state index contributed by atoms with van der Waals surface area (Å²) < 4.78 is 2.09. The van der Waals surface area contributed by atoms with Crippen LogP contribution in [-0.2, 0) is 5.41 Å². The molecule has 1 aromatic carbocycles. The lowest BCUT2D eigenvalue weighted by Gasteiger charge is -2.32. The summed E-state index contributed by atoms with van der Waals surface area (Å²) in [6, 6.07) is 10.4. The van der Waals surface area contributed by atoms with E-state index in [1.54, 1.807) is 0 Å². The zero-order valence-electron chi connectivity index (χ0n) is 13.1. The van der Waals surface area contributed by atoms with E-state index in [4.69, 9.17) is 0 Å². The van der Waals surface area contributed by atoms with Crippen LogP contribution in [0.2, 0.25) is 0 Å². The molecule has 0 atom stereocenters. The summed E-state index contributed by atoms with van der Waals surface area (Å²) >= 11 is 0. The van der Waals surface area contributed by atoms with E-state index in [0.717, 1.165) is 31.9 Å². The number of nitrogens with one attached hydrogen (secondary N) is 1. The van der Waals surface area contributed by atoms with Crippen LogP contribution in [0.3, 0.4) is 0 Å². The Hall–Kier alpha value is -1.81. The summed E-state index contributed by atoms with van der Waals surface area (Å²) in [6.07, 6.45) is 2.03. The van der Waals surface area contributed by atoms with Gasteiger partial charge < -0.3 is 10.2 Å². The predicted octanol–water partition coefficient (Wildman–Crippen LogP) is 2.58. The molecular formula is C17H24N4. The van der Waals surface area contributed by atoms with E-state index in [1.165, 1.54) is 11.4 Å². The minimum Gasteiger partial charge on any atom is -0.366 e. The first kappa shape index (κ1) is 14.1. The molecule has 3 rings (SSSR count). The standard InChI is InChI=1S/C17H24N4/c1-17(2,3)16-15(20-11-9-18-10-12-20)13-19-21(16)14-7-5-4-6-8-14/h4-8,13,18H,9-12H2,1-3H3. The van der Waals surface area contributed by atoms with Crippen molar-refractivity contribution >= 4 is 5.69 Å². The SMILES string of the molecule is CC(C)(C)c1c(N2CCNCC2)cnn1-c1ccccc1. The van der Waals surface area contributed by atoms with Gasteiger partial charge >= 0.3 is 0 Å². The fraction of sp³-hybridized carbons (Fsp3) is 0.471. The molecule has 0 spiro atoms. The lowest BCUT2D eigenvalue weighted by Crippen LogP contribution is -2.44. The number of aromatic nitrogens is 2. The van der Waals surface area contributed by atoms with Crippen molar-refractivity contribution < 1.29 is 0 Å². The second kappa shape index (κ2) is 5.53. The smallest absolute Gasteiger partial charge is 0.0796 e. The third-order valence-corrected chi connectivity index (χ3v) is 3.92. The maximum atomic E-state index is 4.68. The van der Waals surface area contributed by atoms with Gasteiger partial charge in [0.25, 0.3) is 0 Å². The van der Waals surface area contributed by atoms with Gasteiger partial charge in [-0.1, -0.05) is 39.0 Å². The predicted molar refractivity (Wildman–Crippen MR) is 87.3 cm³/mol. The van der Waals surface area contributed by atoms with Crippen LogP contribution in [0.25, 0.3) is 5.69 Å². The molecule has 1 aliphatic heterocycles. The van der Waals surface area contributed by atoms with Crippen LogP contribution in [0.5, 0.6) is 0 Å². The van der Waals surface area contributed by atoms with Gasteiger partial charge in [0.15, 0.2) is 0 Å². The molecule has 4 heteroatoms. The summed E-state index contributed by atoms with van der Waals surface area (Å²) in [6.45, 7) is 11.0. The molecule has 0 saturated carbocycles. The van der Waals surface area contributed by atoms with Crippen LogP contribution >= 0.6 is 0 Å². The van der Waals surface area contributed by atoms with Crippen LogP contribution in [0.15, 0.2) is 36.5 Å². The Labute approximate surface area is 126 Å². The zero-order chi connectivity index (χ0) is 14.9. The first-order valence-corrected chi connectivity index (χ1v) is 7.67. The summed E-state index contributed by atoms with van der Waals surface area (Å²) in [7, 11) is 0. The minimum absolute atomic E-state index is 0.0482. The number of para-hydroxylation sites is 1. The van der Waals surface area contributed by atoms with Gasteiger partial charge in [-0.05, 0) is 12.1 Å². The van der Waals surface area contributed by atoms with Crippen molar-refractivity contribution in [2.24, 2.45) is 0 Å². The third-order valence-electron chi connectivity index (χ3n) is 3.92. The molecule has 2 heterocycles. The molecule has 0 amide bonds. The van der Waals surface area contributed by atoms with Gasteiger partial charge in [-0.15, -0.1) is 0 Å². The Balaban J connectivity index is 2.08. The quantitative estimate of drug-likeness (QED) is 0.920. The van der Waals surface area contributed by atoms with Gasteiger partial charge in [0, 0.05) is 31.6 Å². The monoisotopic (exact) mass is 284 g/mol. The molecule has 4 nitrogen and oxygen atoms in total. The fourth-order valence-electron chi connectivity index (χ4n) is 2.94. The third kappa shape index (κ3) is 2.81. The van der Waals surface area contributed by atoms with Crippen molar-refractivity contribution in [3.05, 3.63) is 42.2 Å². The highest BCUT2D eigenvalue weighted by atomic mass is 15.3. The molecule has 0 bridgehead atoms. The molecule has 0 aliphatic carbocycles. The lowest BCUT2D eigenvalue weighted by atomic mass is 9.90. The van der Waals surface area contributed by atoms with Crippen molar-refractivity contribution in [1.82, 2.24) is 15.1 Å². The number of benzene rings is 1. The number of nitrogens with zero attached hydrogens (tertiary/aromatic N) is 3. The molecular weight excluding hydrogens is 260 g/mol. The molecule has 2 aromatic rings. The number of anilines is 1. The maximum absolute atomic E-state index is 4.68. The Bertz CT molecular complexity index is 589. The second-order valence-corrected chi connectivity index (χ2v) is 6.61. The molecule has 21 heavy (non-hydrogen) atoms. The fourth-order valence-corrected chi connectivity index (χ4v) is 2.94. The van der Waals surface area contributed by atoms with Gasteiger partial charge in [0.1, 0.15) is 0 Å². The first-order chi connectivity index (χ1) is 10.1. The van der Waals surface area contributed by atoms with Gasteiger partial charge in [0.05, 0.1) is 23.3 Å². The average Bonchev–Trinajstić information content (AvgIpc) is 2.94. The molecule has 112 valence electrons. The highest BCUT2D eigenvalue weighted by molar-refractivity contribution is 5.55. The van der Waals surface area contributed by atoms with Gasteiger partial charge in [-0.3, -0.25) is 0 Å². The number of rotatable bonds is 2. The van der Waals surface area contributed by atoms with Gasteiger partial charge in [-0.2, -0.15) is 5.10 Å². The first-order valence-electron chi connectivity index (χ1n) is 7.67. The molecule has 0 unspecified atom stereocenters. The molecule has 1 aromatic heterocycles. The van der Waals surface area contributed by atoms with E-state index in [0.29, 0.717) is 0 Å². The molecule has 1 fully saturated rings. The van der Waals surface area contributed by atoms with Crippen LogP contribution in [0, 0.1) is 0 Å². The Kier molecular flexibility index (Phi) is 3.72. The second-order valence-electron chi connectivity index (χ2n) is 6.61. The number of piperazine rings is 1. The Morgan fingerprint density at radius 1 is 1.05 bits per heavy atom. The normalized spacial score (nSPS) is 16.2. The lowest BCUT2D eigenvalue weighted by molar-refractivity contribution is 0.534. The van der Waals surface area contributed by atoms with E-state index >= 15 is 0 Å². The molecule has 1 aliphatic rings. The highest BCUT2D eigenvalue weighted by Gasteiger charge is 2.27. The van der Waals surface area contributed by atoms with Crippen LogP contribution in [0.4, 0.5) is 5.69 Å². The minimum atomic E-state index is 0.0482. The van der Waals surface area contributed by atoms with Gasteiger partial charge in [0.2, 0.25) is 0 Å². The molecule has 0 radical (unpaired) electrons. The summed E-state index contributed by atoms with van der Waals surface area (Å²) in [5.41, 5.74) is 3.74. The summed E-state index contributed by atoms with van der Waals surface area (Å²) in [5.74, 6) is 0. The van der Waals surface area contributed by atoms with E-state index in [1.807, 2.05) is 12.3 Å². The van der Waals surface area contributed by atoms with Crippen molar-refractivity contribution in [3.8, 4) is 5.69 Å². The van der Waals surface area contributed by atoms with E-state index < -0.39 is 0 Å². The van der Waals surface area contributed by atoms with E-state index in [9.17, 15) is 0 Å². The zero-order valence-corrected chi connectivity index (χ0v) is 13.1. The summed E-state index contributed by atoms with van der Waals surface area (Å²) in [4.78, 5) is 2.45. The Morgan fingerprint density at radius 3 is 2.33 bits per heavy atom. The van der Waals surface area contributed by atoms with Crippen LogP contribution < -0.4 is 10.2 Å². The van der Waals surface area contributed by atoms with Crippen LogP contribution in [-0.4, -0.2) is 36.0 Å². The van der Waals surface area contributed by atoms with Crippen molar-refractivity contribution in [2.45, 2.75) is 26.2 Å². The number of hydrogen-bond donors (Lipinski definition) is 1. The maximum Gasteiger partial charge on any atom is 0.0796 e. The van der Waals surface area contributed by atoms with Gasteiger partial charge in [-0.25, -0.2) is 4.68 Å².